The van der Waals surface area contributed by atoms with Crippen LogP contribution in [-0.4, -0.2) is 30.0 Å². The van der Waals surface area contributed by atoms with Crippen LogP contribution in [0.2, 0.25) is 0 Å². The Labute approximate surface area is 291 Å². The van der Waals surface area contributed by atoms with E-state index < -0.39 is 54.2 Å². The molecule has 0 radical (unpaired) electrons. The van der Waals surface area contributed by atoms with Crippen LogP contribution in [0, 0.1) is 11.3 Å². The Bertz CT molecular complexity index is 1640. The van der Waals surface area contributed by atoms with Gasteiger partial charge in [0.05, 0.1) is 0 Å². The molecule has 42 heavy (non-hydrogen) atoms. The van der Waals surface area contributed by atoms with E-state index >= 15 is 0 Å². The van der Waals surface area contributed by atoms with Gasteiger partial charge in [-0.1, -0.05) is 103 Å². The topological polar surface area (TPSA) is 138 Å². The molecule has 1 aliphatic carbocycles. The minimum atomic E-state index is -5.69. The van der Waals surface area contributed by atoms with Gasteiger partial charge in [-0.2, -0.15) is 0 Å². The fourth-order valence-corrected chi connectivity index (χ4v) is 9.61. The number of nitrogens with one attached hydrogen (secondary N) is 2. The first-order valence-electron chi connectivity index (χ1n) is 13.0. The van der Waals surface area contributed by atoms with Crippen LogP contribution >= 0.6 is 0 Å². The third kappa shape index (κ3) is 5.59. The van der Waals surface area contributed by atoms with Crippen molar-refractivity contribution in [2.75, 3.05) is 0 Å². The predicted octanol–water partition coefficient (Wildman–Crippen LogP) is -2.25. The van der Waals surface area contributed by atoms with E-state index in [1.807, 2.05) is 54.6 Å². The van der Waals surface area contributed by atoms with Crippen LogP contribution in [0.4, 0.5) is 0 Å². The summed E-state index contributed by atoms with van der Waals surface area (Å²) in [6.07, 6.45) is 5.42. The molecular formula is C30H28N2Na2O6S2. The second kappa shape index (κ2) is 12.7. The first-order valence-corrected chi connectivity index (χ1v) is 15.8. The third-order valence-corrected chi connectivity index (χ3v) is 12.4. The zero-order valence-electron chi connectivity index (χ0n) is 23.4. The predicted molar refractivity (Wildman–Crippen MR) is 149 cm³/mol. The summed E-state index contributed by atoms with van der Waals surface area (Å²) in [5.41, 5.74) is 3.10. The maximum absolute atomic E-state index is 13.1. The number of fused-ring (bicyclic) bond motifs is 2. The molecule has 8 nitrogen and oxygen atoms in total. The van der Waals surface area contributed by atoms with Crippen LogP contribution in [0.15, 0.2) is 97.1 Å². The standard InChI is InChI=1S/C30H30N2O6S2.2Na/c33-39(34,35)30(40(36,37)38)20-29(27-25-12-6-4-10-22(25)18-31-27,28-26-13-7-5-11-23(26)19-32-28)17-16-24(30)15-14-21-8-2-1-3-9-21;;/h1-17,24,27-28,31-32H,18-20H2,(H,33,34,35)(H,36,37,38);;/q;2*+1/p-2. The average Bonchev–Trinajstić information content (AvgIpc) is 3.57. The first kappa shape index (κ1) is 33.8. The van der Waals surface area contributed by atoms with E-state index in [9.17, 15) is 25.9 Å². The zero-order valence-corrected chi connectivity index (χ0v) is 29.1. The Balaban J connectivity index is 0.00000202. The van der Waals surface area contributed by atoms with E-state index in [4.69, 9.17) is 0 Å². The second-order valence-electron chi connectivity index (χ2n) is 10.7. The van der Waals surface area contributed by atoms with E-state index in [0.29, 0.717) is 18.7 Å². The van der Waals surface area contributed by atoms with E-state index in [-0.39, 0.29) is 59.1 Å². The van der Waals surface area contributed by atoms with Crippen molar-refractivity contribution in [1.29, 1.82) is 0 Å². The number of hydrogen-bond donors (Lipinski definition) is 2. The fourth-order valence-electron chi connectivity index (χ4n) is 6.78. The molecule has 0 spiro atoms. The summed E-state index contributed by atoms with van der Waals surface area (Å²) in [4.78, 5) is 0. The van der Waals surface area contributed by atoms with Crippen molar-refractivity contribution in [3.63, 3.8) is 0 Å². The van der Waals surface area contributed by atoms with Gasteiger partial charge in [-0.15, -0.1) is 0 Å². The number of allylic oxidation sites excluding steroid dienone is 2. The summed E-state index contributed by atoms with van der Waals surface area (Å²) in [5.74, 6) is -1.49. The average molecular weight is 623 g/mol. The molecule has 2 aliphatic heterocycles. The summed E-state index contributed by atoms with van der Waals surface area (Å²) in [6, 6.07) is 23.0. The van der Waals surface area contributed by atoms with Gasteiger partial charge in [0, 0.05) is 36.5 Å². The number of hydrogen-bond acceptors (Lipinski definition) is 8. The van der Waals surface area contributed by atoms with Gasteiger partial charge in [0.1, 0.15) is 20.2 Å². The maximum atomic E-state index is 13.1. The quantitative estimate of drug-likeness (QED) is 0.179. The van der Waals surface area contributed by atoms with Gasteiger partial charge in [-0.3, -0.25) is 0 Å². The SMILES string of the molecule is O=S(=O)([O-])C1(S(=O)(=O)[O-])CC(C2NCc3ccccc32)(C2NCc3ccccc32)C=CC1C=Cc1ccccc1.[Na+].[Na+]. The second-order valence-corrected chi connectivity index (χ2v) is 14.2. The van der Waals surface area contributed by atoms with Crippen LogP contribution in [0.25, 0.3) is 6.08 Å². The molecule has 0 saturated carbocycles. The molecule has 208 valence electrons. The van der Waals surface area contributed by atoms with E-state index in [2.05, 4.69) is 10.6 Å². The zero-order chi connectivity index (χ0) is 28.2. The molecule has 3 atom stereocenters. The molecule has 0 saturated heterocycles. The van der Waals surface area contributed by atoms with Gasteiger partial charge in [0.2, 0.25) is 0 Å². The van der Waals surface area contributed by atoms with Gasteiger partial charge in [-0.05, 0) is 34.2 Å². The Morgan fingerprint density at radius 2 is 1.19 bits per heavy atom. The van der Waals surface area contributed by atoms with Crippen molar-refractivity contribution in [3.05, 3.63) is 125 Å². The molecule has 3 aromatic rings. The van der Waals surface area contributed by atoms with Gasteiger partial charge in [0.15, 0.2) is 4.08 Å². The minimum Gasteiger partial charge on any atom is -0.747 e. The number of benzene rings is 3. The molecule has 0 bridgehead atoms. The van der Waals surface area contributed by atoms with Crippen molar-refractivity contribution in [3.8, 4) is 0 Å². The summed E-state index contributed by atoms with van der Waals surface area (Å²) < 4.78 is 75.7. The molecule has 6 rings (SSSR count). The van der Waals surface area contributed by atoms with E-state index in [1.165, 1.54) is 12.2 Å². The van der Waals surface area contributed by atoms with Crippen LogP contribution < -0.4 is 69.7 Å². The third-order valence-electron chi connectivity index (χ3n) is 8.62. The normalized spacial score (nSPS) is 26.2. The van der Waals surface area contributed by atoms with Crippen LogP contribution in [0.1, 0.15) is 46.3 Å². The smallest absolute Gasteiger partial charge is 0.747 e. The van der Waals surface area contributed by atoms with Crippen molar-refractivity contribution in [1.82, 2.24) is 10.6 Å². The van der Waals surface area contributed by atoms with Crippen LogP contribution in [0.3, 0.4) is 0 Å². The monoisotopic (exact) mass is 622 g/mol. The summed E-state index contributed by atoms with van der Waals surface area (Å²) >= 11 is 0. The molecule has 12 heteroatoms. The van der Waals surface area contributed by atoms with Crippen LogP contribution in [0.5, 0.6) is 0 Å². The molecular weight excluding hydrogens is 594 g/mol. The van der Waals surface area contributed by atoms with Gasteiger partial charge >= 0.3 is 59.1 Å². The minimum absolute atomic E-state index is 0. The largest absolute Gasteiger partial charge is 1.00 e. The van der Waals surface area contributed by atoms with Crippen molar-refractivity contribution in [2.24, 2.45) is 11.3 Å². The van der Waals surface area contributed by atoms with Crippen molar-refractivity contribution in [2.45, 2.75) is 35.7 Å². The Hall–Kier alpha value is -1.12. The molecule has 3 aliphatic rings. The van der Waals surface area contributed by atoms with E-state index in [0.717, 1.165) is 22.3 Å². The Kier molecular flexibility index (Phi) is 10.2. The Morgan fingerprint density at radius 3 is 1.69 bits per heavy atom. The fraction of sp³-hybridized carbons (Fsp3) is 0.267. The molecule has 0 fully saturated rings. The summed E-state index contributed by atoms with van der Waals surface area (Å²) in [6.45, 7) is 0.951. The van der Waals surface area contributed by atoms with Crippen molar-refractivity contribution < 1.29 is 85.1 Å². The van der Waals surface area contributed by atoms with Gasteiger partial charge in [-0.25, -0.2) is 16.8 Å². The van der Waals surface area contributed by atoms with Gasteiger partial charge < -0.3 is 19.7 Å². The molecule has 0 amide bonds. The Morgan fingerprint density at radius 1 is 0.714 bits per heavy atom. The van der Waals surface area contributed by atoms with E-state index in [1.54, 1.807) is 36.4 Å². The molecule has 2 heterocycles. The summed E-state index contributed by atoms with van der Waals surface area (Å²) in [5, 5.41) is 6.90. The molecule has 0 aromatic heterocycles. The molecule has 3 aromatic carbocycles. The van der Waals surface area contributed by atoms with Gasteiger partial charge in [0.25, 0.3) is 0 Å². The first-order chi connectivity index (χ1) is 19.1. The number of rotatable bonds is 6. The summed E-state index contributed by atoms with van der Waals surface area (Å²) in [7, 11) is -11.4. The molecule has 3 unspecified atom stereocenters. The van der Waals surface area contributed by atoms with Crippen molar-refractivity contribution >= 4 is 26.3 Å². The van der Waals surface area contributed by atoms with Crippen LogP contribution in [-0.2, 0) is 33.3 Å². The molecule has 2 N–H and O–H groups in total. The maximum Gasteiger partial charge on any atom is 1.00 e.